The lowest BCUT2D eigenvalue weighted by Crippen LogP contribution is -2.72. The third-order valence-electron chi connectivity index (χ3n) is 4.32. The van der Waals surface area contributed by atoms with Gasteiger partial charge < -0.3 is 15.7 Å². The number of rotatable bonds is 4. The number of benzene rings is 1. The number of urea groups is 1. The zero-order chi connectivity index (χ0) is 20.7. The lowest BCUT2D eigenvalue weighted by atomic mass is 9.78. The number of nitrogens with one attached hydrogen (secondary N) is 2. The van der Waals surface area contributed by atoms with E-state index in [2.05, 4.69) is 5.32 Å². The van der Waals surface area contributed by atoms with E-state index in [0.29, 0.717) is 0 Å². The summed E-state index contributed by atoms with van der Waals surface area (Å²) in [6, 6.07) is 4.24. The molecule has 1 saturated heterocycles. The Morgan fingerprint density at radius 2 is 1.93 bits per heavy atom. The molecule has 28 heavy (non-hydrogen) atoms. The van der Waals surface area contributed by atoms with E-state index >= 15 is 0 Å². The molecular formula is C16H12F3N3O5S. The van der Waals surface area contributed by atoms with Crippen LogP contribution in [0.3, 0.4) is 0 Å². The number of aliphatic hydroxyl groups is 1. The number of nitrogens with zero attached hydrogens (tertiary/aromatic N) is 1. The van der Waals surface area contributed by atoms with Crippen LogP contribution < -0.4 is 10.6 Å². The second kappa shape index (κ2) is 6.87. The summed E-state index contributed by atoms with van der Waals surface area (Å²) in [4.78, 5) is 35.1. The van der Waals surface area contributed by atoms with Crippen LogP contribution >= 0.6 is 11.3 Å². The van der Waals surface area contributed by atoms with Crippen LogP contribution in [0, 0.1) is 16.0 Å². The van der Waals surface area contributed by atoms with Crippen LogP contribution in [-0.4, -0.2) is 33.7 Å². The van der Waals surface area contributed by atoms with Crippen LogP contribution in [0.2, 0.25) is 0 Å². The van der Waals surface area contributed by atoms with Crippen molar-refractivity contribution in [2.24, 2.45) is 5.92 Å². The molecule has 1 aromatic heterocycles. The molecule has 0 bridgehead atoms. The molecule has 2 aromatic rings. The molecule has 0 radical (unpaired) electrons. The number of hydrogen-bond donors (Lipinski definition) is 3. The van der Waals surface area contributed by atoms with Crippen molar-refractivity contribution in [3.63, 3.8) is 0 Å². The molecule has 1 aliphatic rings. The Labute approximate surface area is 159 Å². The summed E-state index contributed by atoms with van der Waals surface area (Å²) < 4.78 is 41.2. The highest BCUT2D eigenvalue weighted by atomic mass is 32.1. The van der Waals surface area contributed by atoms with E-state index < -0.39 is 46.3 Å². The quantitative estimate of drug-likeness (QED) is 0.403. The van der Waals surface area contributed by atoms with Gasteiger partial charge in [-0.25, -0.2) is 4.79 Å². The van der Waals surface area contributed by atoms with Crippen LogP contribution in [0.1, 0.15) is 21.3 Å². The first-order valence-corrected chi connectivity index (χ1v) is 8.63. The van der Waals surface area contributed by atoms with Crippen molar-refractivity contribution in [2.75, 3.05) is 0 Å². The van der Waals surface area contributed by atoms with Crippen molar-refractivity contribution >= 4 is 28.8 Å². The molecule has 0 unspecified atom stereocenters. The summed E-state index contributed by atoms with van der Waals surface area (Å²) in [5.41, 5.74) is -4.85. The normalized spacial score (nSPS) is 24.9. The first-order chi connectivity index (χ1) is 13.1. The zero-order valence-corrected chi connectivity index (χ0v) is 14.6. The average molecular weight is 415 g/mol. The predicted molar refractivity (Wildman–Crippen MR) is 90.6 cm³/mol. The van der Waals surface area contributed by atoms with E-state index in [4.69, 9.17) is 0 Å². The Morgan fingerprint density at radius 1 is 1.25 bits per heavy atom. The third kappa shape index (κ3) is 3.20. The topological polar surface area (TPSA) is 122 Å². The number of halogens is 3. The lowest BCUT2D eigenvalue weighted by molar-refractivity contribution is -0.386. The van der Waals surface area contributed by atoms with Crippen LogP contribution in [0.15, 0.2) is 41.8 Å². The van der Waals surface area contributed by atoms with Crippen LogP contribution in [-0.2, 0) is 0 Å². The Morgan fingerprint density at radius 3 is 2.50 bits per heavy atom. The fraction of sp³-hybridized carbons (Fsp3) is 0.250. The van der Waals surface area contributed by atoms with E-state index in [9.17, 15) is 38.0 Å². The van der Waals surface area contributed by atoms with Crippen LogP contribution in [0.25, 0.3) is 0 Å². The van der Waals surface area contributed by atoms with Crippen molar-refractivity contribution in [2.45, 2.75) is 17.9 Å². The van der Waals surface area contributed by atoms with Gasteiger partial charge in [0.2, 0.25) is 5.72 Å². The Hall–Kier alpha value is -2.99. The van der Waals surface area contributed by atoms with Gasteiger partial charge in [0.1, 0.15) is 5.92 Å². The number of nitro groups is 1. The fourth-order valence-corrected chi connectivity index (χ4v) is 3.79. The smallest absolute Gasteiger partial charge is 0.363 e. The van der Waals surface area contributed by atoms with Crippen molar-refractivity contribution in [1.29, 1.82) is 0 Å². The number of carbonyl (C=O) groups is 2. The summed E-state index contributed by atoms with van der Waals surface area (Å²) in [6.07, 6.45) is -5.43. The second-order valence-electron chi connectivity index (χ2n) is 5.98. The van der Waals surface area contributed by atoms with Crippen LogP contribution in [0.5, 0.6) is 0 Å². The summed E-state index contributed by atoms with van der Waals surface area (Å²) in [5, 5.41) is 26.6. The maximum Gasteiger partial charge on any atom is 0.437 e. The SMILES string of the molecule is O=C1N[C@@H](c2ccccc2[N+](=O)[O-])[C@@H](C(=O)c2cccs2)[C@](O)(C(F)(F)F)N1. The third-order valence-corrected chi connectivity index (χ3v) is 5.21. The standard InChI is InChI=1S/C16H12F3N3O5S/c17-16(18,19)15(25)11(13(23)10-6-3-7-28-10)12(20-14(24)21-15)8-4-1-2-5-9(8)22(26)27/h1-7,11-12,25H,(H2,20,21,24)/t11-,12-,15-/m0/s1. The summed E-state index contributed by atoms with van der Waals surface area (Å²) in [6.45, 7) is 0. The molecule has 0 saturated carbocycles. The van der Waals surface area contributed by atoms with Gasteiger partial charge in [-0.05, 0) is 11.4 Å². The number of hydrogen-bond acceptors (Lipinski definition) is 6. The number of ketones is 1. The van der Waals surface area contributed by atoms with E-state index in [-0.39, 0.29) is 10.4 Å². The second-order valence-corrected chi connectivity index (χ2v) is 6.92. The minimum atomic E-state index is -5.43. The first kappa shape index (κ1) is 19.8. The van der Waals surface area contributed by atoms with E-state index in [1.165, 1.54) is 35.0 Å². The highest BCUT2D eigenvalue weighted by Gasteiger charge is 2.67. The molecule has 8 nitrogen and oxygen atoms in total. The Bertz CT molecular complexity index is 934. The average Bonchev–Trinajstić information content (AvgIpc) is 3.14. The Kier molecular flexibility index (Phi) is 4.85. The van der Waals surface area contributed by atoms with Gasteiger partial charge in [0, 0.05) is 6.07 Å². The van der Waals surface area contributed by atoms with Crippen molar-refractivity contribution < 1.29 is 32.8 Å². The molecule has 1 fully saturated rings. The van der Waals surface area contributed by atoms with Gasteiger partial charge in [-0.15, -0.1) is 11.3 Å². The number of nitro benzene ring substituents is 1. The molecule has 1 aliphatic heterocycles. The van der Waals surface area contributed by atoms with Gasteiger partial charge in [0.05, 0.1) is 21.4 Å². The number of thiophene rings is 1. The summed E-state index contributed by atoms with van der Waals surface area (Å²) >= 11 is 0.842. The fourth-order valence-electron chi connectivity index (χ4n) is 3.09. The molecule has 1 aromatic carbocycles. The van der Waals surface area contributed by atoms with Gasteiger partial charge in [0.25, 0.3) is 5.69 Å². The summed E-state index contributed by atoms with van der Waals surface area (Å²) in [7, 11) is 0. The monoisotopic (exact) mass is 415 g/mol. The minimum absolute atomic E-state index is 0.103. The summed E-state index contributed by atoms with van der Waals surface area (Å²) in [5.74, 6) is -3.42. The van der Waals surface area contributed by atoms with Gasteiger partial charge in [-0.2, -0.15) is 13.2 Å². The molecule has 148 valence electrons. The highest BCUT2D eigenvalue weighted by Crippen LogP contribution is 2.45. The van der Waals surface area contributed by atoms with Crippen LogP contribution in [0.4, 0.5) is 23.7 Å². The van der Waals surface area contributed by atoms with E-state index in [0.717, 1.165) is 23.5 Å². The number of carbonyl (C=O) groups excluding carboxylic acids is 2. The molecule has 2 heterocycles. The molecule has 0 spiro atoms. The van der Waals surface area contributed by atoms with E-state index in [1.807, 2.05) is 0 Å². The zero-order valence-electron chi connectivity index (χ0n) is 13.8. The number of amides is 2. The molecular weight excluding hydrogens is 403 g/mol. The van der Waals surface area contributed by atoms with Crippen molar-refractivity contribution in [1.82, 2.24) is 10.6 Å². The molecule has 0 aliphatic carbocycles. The maximum absolute atomic E-state index is 13.7. The number of Topliss-reactive ketones (excluding diaryl/α,β-unsaturated/α-hetero) is 1. The molecule has 12 heteroatoms. The number of para-hydroxylation sites is 1. The molecule has 3 rings (SSSR count). The van der Waals surface area contributed by atoms with Crippen molar-refractivity contribution in [3.05, 3.63) is 62.3 Å². The molecule has 3 atom stereocenters. The predicted octanol–water partition coefficient (Wildman–Crippen LogP) is 2.76. The lowest BCUT2D eigenvalue weighted by Gasteiger charge is -2.44. The highest BCUT2D eigenvalue weighted by molar-refractivity contribution is 7.12. The van der Waals surface area contributed by atoms with E-state index in [1.54, 1.807) is 0 Å². The molecule has 2 amide bonds. The Balaban J connectivity index is 2.23. The number of alkyl halides is 3. The molecule has 3 N–H and O–H groups in total. The van der Waals surface area contributed by atoms with Gasteiger partial charge in [0.15, 0.2) is 5.78 Å². The van der Waals surface area contributed by atoms with Gasteiger partial charge in [-0.1, -0.05) is 24.3 Å². The van der Waals surface area contributed by atoms with Crippen molar-refractivity contribution in [3.8, 4) is 0 Å². The largest absolute Gasteiger partial charge is 0.437 e. The first-order valence-electron chi connectivity index (χ1n) is 7.75. The minimum Gasteiger partial charge on any atom is -0.363 e. The van der Waals surface area contributed by atoms with Gasteiger partial charge >= 0.3 is 12.2 Å². The van der Waals surface area contributed by atoms with Gasteiger partial charge in [-0.3, -0.25) is 14.9 Å². The maximum atomic E-state index is 13.7.